The minimum Gasteiger partial charge on any atom is -0.393 e. The molecule has 4 rings (SSSR count). The maximum atomic E-state index is 13.4. The fourth-order valence-corrected chi connectivity index (χ4v) is 3.54. The third-order valence-electron chi connectivity index (χ3n) is 4.87. The number of hydrogen-bond donors (Lipinski definition) is 3. The number of anilines is 3. The Kier molecular flexibility index (Phi) is 5.23. The average molecular weight is 403 g/mol. The Morgan fingerprint density at radius 3 is 2.64 bits per heavy atom. The third kappa shape index (κ3) is 3.98. The number of nitrogens with zero attached hydrogens (tertiary/aromatic N) is 4. The second kappa shape index (κ2) is 7.81. The average Bonchev–Trinajstić information content (AvgIpc) is 2.67. The van der Waals surface area contributed by atoms with E-state index in [1.54, 1.807) is 6.07 Å². The summed E-state index contributed by atoms with van der Waals surface area (Å²) in [5.74, 6) is 0.503. The van der Waals surface area contributed by atoms with Crippen molar-refractivity contribution >= 4 is 40.1 Å². The number of hydrogen-bond acceptors (Lipinski definition) is 7. The van der Waals surface area contributed by atoms with Gasteiger partial charge < -0.3 is 15.7 Å². The smallest absolute Gasteiger partial charge is 0.223 e. The topological polar surface area (TPSA) is 95.9 Å². The monoisotopic (exact) mass is 402 g/mol. The van der Waals surface area contributed by atoms with E-state index in [-0.39, 0.29) is 17.2 Å². The molecule has 2 aromatic heterocycles. The van der Waals surface area contributed by atoms with Gasteiger partial charge in [0.1, 0.15) is 23.2 Å². The van der Waals surface area contributed by atoms with Gasteiger partial charge in [-0.3, -0.25) is 0 Å². The molecule has 3 aromatic rings. The van der Waals surface area contributed by atoms with E-state index >= 15 is 0 Å². The molecule has 0 unspecified atom stereocenters. The molecular weight excluding hydrogens is 383 g/mol. The Bertz CT molecular complexity index is 1010. The molecule has 0 aliphatic heterocycles. The molecule has 1 aromatic carbocycles. The van der Waals surface area contributed by atoms with Crippen LogP contribution in [0.2, 0.25) is 5.02 Å². The van der Waals surface area contributed by atoms with E-state index in [1.165, 1.54) is 18.5 Å². The fraction of sp³-hybridized carbons (Fsp3) is 0.368. The first-order valence-corrected chi connectivity index (χ1v) is 9.53. The highest BCUT2D eigenvalue weighted by Crippen LogP contribution is 2.27. The number of rotatable bonds is 4. The van der Waals surface area contributed by atoms with Crippen LogP contribution in [0.25, 0.3) is 11.0 Å². The van der Waals surface area contributed by atoms with Gasteiger partial charge in [-0.1, -0.05) is 11.6 Å². The summed E-state index contributed by atoms with van der Waals surface area (Å²) in [6.45, 7) is 1.87. The molecule has 7 nitrogen and oxygen atoms in total. The van der Waals surface area contributed by atoms with Gasteiger partial charge in [0.25, 0.3) is 0 Å². The molecule has 0 saturated heterocycles. The van der Waals surface area contributed by atoms with Crippen LogP contribution in [-0.2, 0) is 0 Å². The highest BCUT2D eigenvalue weighted by Gasteiger charge is 2.21. The lowest BCUT2D eigenvalue weighted by Gasteiger charge is -2.26. The Morgan fingerprint density at radius 2 is 1.89 bits per heavy atom. The van der Waals surface area contributed by atoms with Crippen molar-refractivity contribution in [1.82, 2.24) is 19.9 Å². The number of aliphatic hydroxyl groups is 1. The maximum absolute atomic E-state index is 13.4. The highest BCUT2D eigenvalue weighted by molar-refractivity contribution is 6.31. The van der Waals surface area contributed by atoms with Crippen molar-refractivity contribution in [1.29, 1.82) is 0 Å². The van der Waals surface area contributed by atoms with Crippen molar-refractivity contribution in [3.05, 3.63) is 41.1 Å². The Labute approximate surface area is 166 Å². The van der Waals surface area contributed by atoms with Crippen LogP contribution in [0.1, 0.15) is 31.4 Å². The third-order valence-corrected chi connectivity index (χ3v) is 5.16. The first-order chi connectivity index (χ1) is 13.5. The maximum Gasteiger partial charge on any atom is 0.223 e. The van der Waals surface area contributed by atoms with Gasteiger partial charge in [0.2, 0.25) is 5.95 Å². The summed E-state index contributed by atoms with van der Waals surface area (Å²) in [7, 11) is 0. The molecule has 3 N–H and O–H groups in total. The van der Waals surface area contributed by atoms with Crippen LogP contribution in [0.15, 0.2) is 24.5 Å². The SMILES string of the molecule is Cc1nc(N[C@H]2CC[C@H](O)CC2)nc2c(Nc3ccc(F)c(Cl)c3)ncnc12. The van der Waals surface area contributed by atoms with Gasteiger partial charge in [-0.2, -0.15) is 0 Å². The Morgan fingerprint density at radius 1 is 1.11 bits per heavy atom. The van der Waals surface area contributed by atoms with E-state index < -0.39 is 5.82 Å². The van der Waals surface area contributed by atoms with Crippen molar-refractivity contribution in [2.45, 2.75) is 44.8 Å². The summed E-state index contributed by atoms with van der Waals surface area (Å²) in [6, 6.07) is 4.58. The molecule has 0 amide bonds. The molecule has 1 aliphatic carbocycles. The van der Waals surface area contributed by atoms with Gasteiger partial charge in [-0.05, 0) is 50.8 Å². The van der Waals surface area contributed by atoms with Crippen molar-refractivity contribution in [2.75, 3.05) is 10.6 Å². The zero-order valence-electron chi connectivity index (χ0n) is 15.3. The van der Waals surface area contributed by atoms with Crippen LogP contribution >= 0.6 is 11.6 Å². The van der Waals surface area contributed by atoms with Gasteiger partial charge in [0, 0.05) is 11.7 Å². The molecule has 0 spiro atoms. The molecule has 0 radical (unpaired) electrons. The fourth-order valence-electron chi connectivity index (χ4n) is 3.36. The van der Waals surface area contributed by atoms with E-state index in [0.29, 0.717) is 28.5 Å². The van der Waals surface area contributed by atoms with Crippen molar-refractivity contribution < 1.29 is 9.50 Å². The van der Waals surface area contributed by atoms with Crippen LogP contribution < -0.4 is 10.6 Å². The first-order valence-electron chi connectivity index (χ1n) is 9.15. The van der Waals surface area contributed by atoms with E-state index in [1.807, 2.05) is 6.92 Å². The zero-order valence-corrected chi connectivity index (χ0v) is 16.0. The summed E-state index contributed by atoms with van der Waals surface area (Å²) in [4.78, 5) is 17.7. The predicted octanol–water partition coefficient (Wildman–Crippen LogP) is 3.98. The van der Waals surface area contributed by atoms with Crippen LogP contribution in [0.5, 0.6) is 0 Å². The van der Waals surface area contributed by atoms with Crippen molar-refractivity contribution in [3.8, 4) is 0 Å². The largest absolute Gasteiger partial charge is 0.393 e. The molecular formula is C19H20ClFN6O. The van der Waals surface area contributed by atoms with Gasteiger partial charge in [0.15, 0.2) is 5.82 Å². The normalized spacial score (nSPS) is 19.6. The van der Waals surface area contributed by atoms with Crippen LogP contribution in [0.3, 0.4) is 0 Å². The molecule has 1 saturated carbocycles. The quantitative estimate of drug-likeness (QED) is 0.607. The molecule has 1 fully saturated rings. The van der Waals surface area contributed by atoms with E-state index in [4.69, 9.17) is 11.6 Å². The number of aryl methyl sites for hydroxylation is 1. The summed E-state index contributed by atoms with van der Waals surface area (Å²) >= 11 is 5.87. The molecule has 28 heavy (non-hydrogen) atoms. The summed E-state index contributed by atoms with van der Waals surface area (Å²) in [6.07, 6.45) is 4.49. The highest BCUT2D eigenvalue weighted by atomic mass is 35.5. The number of aliphatic hydroxyl groups excluding tert-OH is 1. The number of halogens is 2. The van der Waals surface area contributed by atoms with Crippen molar-refractivity contribution in [2.24, 2.45) is 0 Å². The van der Waals surface area contributed by atoms with Gasteiger partial charge in [-0.15, -0.1) is 0 Å². The molecule has 146 valence electrons. The standard InChI is InChI=1S/C19H20ClFN6O/c1-10-16-17(27-19(24-10)26-11-2-5-13(28)6-3-11)18(23-9-22-16)25-12-4-7-15(21)14(20)8-12/h4,7-9,11,13,28H,2-3,5-6H2,1H3,(H,22,23,25)(H,24,26,27)/t11-,13-. The lowest BCUT2D eigenvalue weighted by molar-refractivity contribution is 0.126. The van der Waals surface area contributed by atoms with E-state index in [0.717, 1.165) is 31.4 Å². The predicted molar refractivity (Wildman–Crippen MR) is 106 cm³/mol. The molecule has 2 heterocycles. The van der Waals surface area contributed by atoms with Crippen molar-refractivity contribution in [3.63, 3.8) is 0 Å². The first kappa shape index (κ1) is 18.8. The van der Waals surface area contributed by atoms with E-state index in [9.17, 15) is 9.50 Å². The Hall–Kier alpha value is -2.58. The molecule has 9 heteroatoms. The van der Waals surface area contributed by atoms with Crippen LogP contribution in [0, 0.1) is 12.7 Å². The number of aromatic nitrogens is 4. The number of nitrogens with one attached hydrogen (secondary N) is 2. The number of fused-ring (bicyclic) bond motifs is 1. The lowest BCUT2D eigenvalue weighted by Crippen LogP contribution is -2.29. The molecule has 0 atom stereocenters. The van der Waals surface area contributed by atoms with Gasteiger partial charge in [0.05, 0.1) is 16.8 Å². The second-order valence-corrected chi connectivity index (χ2v) is 7.36. The summed E-state index contributed by atoms with van der Waals surface area (Å²) in [5.41, 5.74) is 2.52. The zero-order chi connectivity index (χ0) is 19.7. The van der Waals surface area contributed by atoms with Gasteiger partial charge in [-0.25, -0.2) is 24.3 Å². The molecule has 0 bridgehead atoms. The molecule has 1 aliphatic rings. The van der Waals surface area contributed by atoms with Crippen LogP contribution in [-0.4, -0.2) is 37.2 Å². The second-order valence-electron chi connectivity index (χ2n) is 6.96. The number of benzene rings is 1. The minimum absolute atomic E-state index is 0.0241. The van der Waals surface area contributed by atoms with E-state index in [2.05, 4.69) is 30.6 Å². The Balaban J connectivity index is 1.65. The van der Waals surface area contributed by atoms with Gasteiger partial charge >= 0.3 is 0 Å². The summed E-state index contributed by atoms with van der Waals surface area (Å²) in [5, 5.41) is 16.2. The summed E-state index contributed by atoms with van der Waals surface area (Å²) < 4.78 is 13.4. The minimum atomic E-state index is -0.484. The van der Waals surface area contributed by atoms with Crippen LogP contribution in [0.4, 0.5) is 21.8 Å². The lowest BCUT2D eigenvalue weighted by atomic mass is 9.93.